The minimum Gasteiger partial charge on any atom is -0.346 e. The minimum atomic E-state index is -4.16. The molecule has 7 heterocycles. The average Bonchev–Trinajstić information content (AvgIpc) is 4.01. The largest absolute Gasteiger partial charge is 0.346 e. The Labute approximate surface area is 348 Å². The number of alkyl halides is 2. The lowest BCUT2D eigenvalue weighted by Gasteiger charge is -2.29. The SMILES string of the molecule is CC(C)C(=O)Nc1nc2c(ncn2[C@@H]2O[C@@H]3COP(O)O[C@H]4[C@H](F)[C@H](n5nnc6c(NC(=O)c7ccccc7)ncnc65)O[C@@H]4COP(=S)(OCCC#N)O[C@@H]2[C@@H]3F)c(=O)[nH]1. The third kappa shape index (κ3) is 8.77. The fraction of sp³-hybridized carbons (Fsp3) is 0.455. The number of hydrogen-bond donors (Lipinski definition) is 4. The third-order valence-electron chi connectivity index (χ3n) is 9.45. The molecule has 5 aromatic rings. The number of amides is 2. The molecule has 3 aliphatic rings. The molecule has 2 amide bonds. The standard InChI is InChI=1S/C33H34F2N12O11P2S/c1-15(2)28(48)42-33-41-27-22(30(50)43-33)39-14-46(27)32-24-19(34)17(55-32)11-52-59(51)57-23-18(12-54-60(61,58-24)53-10-6-9-36)56-31(20(23)35)47-26-21(44-45-47)25(37-13-38-26)40-29(49)16-7-4-3-5-8-16/h3-5,7-8,13-15,17-20,23-24,31-32,51H,6,10-12H2,1-2H3,(H,37,38,40,49)(H2,41,42,43,48,50)/t17-,18-,19-,20+,23-,24-,31-,32-,59?,60?/m1/s1. The number of carbonyl (C=O) groups excluding carboxylic acids is 2. The Morgan fingerprint density at radius 3 is 2.64 bits per heavy atom. The second-order valence-corrected chi connectivity index (χ2v) is 17.7. The van der Waals surface area contributed by atoms with Crippen LogP contribution in [0, 0.1) is 17.2 Å². The maximum atomic E-state index is 16.6. The molecule has 4 aromatic heterocycles. The van der Waals surface area contributed by atoms with Gasteiger partial charge in [-0.3, -0.25) is 33.8 Å². The number of nitrogens with zero attached hydrogens (tertiary/aromatic N) is 9. The Morgan fingerprint density at radius 2 is 1.87 bits per heavy atom. The van der Waals surface area contributed by atoms with E-state index in [1.165, 1.54) is 4.57 Å². The van der Waals surface area contributed by atoms with Gasteiger partial charge >= 0.3 is 15.3 Å². The van der Waals surface area contributed by atoms with E-state index in [4.69, 9.17) is 43.9 Å². The van der Waals surface area contributed by atoms with Crippen molar-refractivity contribution in [1.29, 1.82) is 5.26 Å². The van der Waals surface area contributed by atoms with Crippen LogP contribution in [0.15, 0.2) is 47.8 Å². The van der Waals surface area contributed by atoms with Crippen LogP contribution >= 0.6 is 15.3 Å². The number of H-pyrrole nitrogens is 1. The molecule has 61 heavy (non-hydrogen) atoms. The molecular weight excluding hydrogens is 872 g/mol. The lowest BCUT2D eigenvalue weighted by molar-refractivity contribution is -0.118. The van der Waals surface area contributed by atoms with E-state index < -0.39 is 101 Å². The number of aromatic amines is 1. The first-order valence-electron chi connectivity index (χ1n) is 18.4. The van der Waals surface area contributed by atoms with Crippen molar-refractivity contribution in [3.05, 3.63) is 58.9 Å². The van der Waals surface area contributed by atoms with Gasteiger partial charge in [0.25, 0.3) is 11.5 Å². The summed E-state index contributed by atoms with van der Waals surface area (Å²) in [5.74, 6) is -1.67. The van der Waals surface area contributed by atoms with Crippen molar-refractivity contribution in [2.75, 3.05) is 30.5 Å². The molecule has 0 aliphatic carbocycles. The molecule has 0 radical (unpaired) electrons. The molecular formula is C33H34F2N12O11P2S. The van der Waals surface area contributed by atoms with Gasteiger partial charge < -0.3 is 37.8 Å². The number of nitriles is 1. The number of imidazole rings is 1. The third-order valence-corrected chi connectivity index (χ3v) is 12.6. The Hall–Kier alpha value is -4.90. The van der Waals surface area contributed by atoms with E-state index in [1.807, 2.05) is 6.07 Å². The average molecular weight is 907 g/mol. The molecule has 8 rings (SSSR count). The summed E-state index contributed by atoms with van der Waals surface area (Å²) in [5.41, 5.74) is -0.768. The zero-order valence-corrected chi connectivity index (χ0v) is 34.3. The Morgan fingerprint density at radius 1 is 1.08 bits per heavy atom. The van der Waals surface area contributed by atoms with Crippen LogP contribution < -0.4 is 16.2 Å². The van der Waals surface area contributed by atoms with E-state index in [1.54, 1.807) is 44.2 Å². The summed E-state index contributed by atoms with van der Waals surface area (Å²) in [6, 6.07) is 10.2. The summed E-state index contributed by atoms with van der Waals surface area (Å²) < 4.78 is 76.4. The van der Waals surface area contributed by atoms with Crippen molar-refractivity contribution in [3.63, 3.8) is 0 Å². The molecule has 23 nitrogen and oxygen atoms in total. The normalized spacial score (nSPS) is 29.4. The minimum absolute atomic E-state index is 0.00255. The molecule has 4 N–H and O–H groups in total. The van der Waals surface area contributed by atoms with Crippen LogP contribution in [0.5, 0.6) is 0 Å². The predicted octanol–water partition coefficient (Wildman–Crippen LogP) is 2.86. The van der Waals surface area contributed by atoms with Crippen molar-refractivity contribution in [1.82, 2.24) is 44.5 Å². The fourth-order valence-electron chi connectivity index (χ4n) is 6.43. The second kappa shape index (κ2) is 17.8. The highest BCUT2D eigenvalue weighted by atomic mass is 32.5. The monoisotopic (exact) mass is 906 g/mol. The van der Waals surface area contributed by atoms with Gasteiger partial charge in [-0.25, -0.2) is 23.7 Å². The molecule has 322 valence electrons. The smallest absolute Gasteiger partial charge is 0.330 e. The van der Waals surface area contributed by atoms with Crippen molar-refractivity contribution in [2.24, 2.45) is 5.92 Å². The number of nitrogens with one attached hydrogen (secondary N) is 3. The van der Waals surface area contributed by atoms with Crippen LogP contribution in [0.25, 0.3) is 22.3 Å². The number of fused-ring (bicyclic) bond motifs is 5. The van der Waals surface area contributed by atoms with Crippen LogP contribution in [0.4, 0.5) is 20.5 Å². The topological polar surface area (TPSA) is 287 Å². The van der Waals surface area contributed by atoms with Crippen LogP contribution in [0.1, 0.15) is 43.1 Å². The predicted molar refractivity (Wildman–Crippen MR) is 208 cm³/mol. The second-order valence-electron chi connectivity index (χ2n) is 13.8. The maximum Gasteiger partial charge on any atom is 0.330 e. The van der Waals surface area contributed by atoms with Crippen LogP contribution in [0.3, 0.4) is 0 Å². The van der Waals surface area contributed by atoms with E-state index in [9.17, 15) is 24.5 Å². The number of halogens is 2. The van der Waals surface area contributed by atoms with Crippen molar-refractivity contribution >= 4 is 73.0 Å². The number of aromatic nitrogens is 9. The van der Waals surface area contributed by atoms with Gasteiger partial charge in [0.2, 0.25) is 11.9 Å². The first-order valence-corrected chi connectivity index (χ1v) is 22.0. The van der Waals surface area contributed by atoms with E-state index >= 15 is 8.78 Å². The fourth-order valence-corrected chi connectivity index (χ4v) is 9.29. The van der Waals surface area contributed by atoms with E-state index in [0.29, 0.717) is 5.56 Å². The van der Waals surface area contributed by atoms with Gasteiger partial charge in [-0.15, -0.1) is 5.10 Å². The summed E-state index contributed by atoms with van der Waals surface area (Å²) in [7, 11) is -2.96. The summed E-state index contributed by atoms with van der Waals surface area (Å²) in [5, 5.41) is 22.5. The van der Waals surface area contributed by atoms with Gasteiger partial charge in [0, 0.05) is 11.5 Å². The molecule has 0 spiro atoms. The lowest BCUT2D eigenvalue weighted by Crippen LogP contribution is -2.34. The molecule has 1 aromatic carbocycles. The van der Waals surface area contributed by atoms with E-state index in [-0.39, 0.29) is 47.1 Å². The van der Waals surface area contributed by atoms with Crippen molar-refractivity contribution < 1.29 is 55.4 Å². The highest BCUT2D eigenvalue weighted by Crippen LogP contribution is 2.56. The number of anilines is 2. The Balaban J connectivity index is 1.08. The van der Waals surface area contributed by atoms with E-state index in [2.05, 4.69) is 45.9 Å². The molecule has 2 bridgehead atoms. The number of hydrogen-bond acceptors (Lipinski definition) is 19. The summed E-state index contributed by atoms with van der Waals surface area (Å²) in [6.07, 6.45) is -11.5. The van der Waals surface area contributed by atoms with Gasteiger partial charge in [-0.05, 0) is 23.9 Å². The molecule has 2 unspecified atom stereocenters. The van der Waals surface area contributed by atoms with Gasteiger partial charge in [0.1, 0.15) is 30.7 Å². The summed E-state index contributed by atoms with van der Waals surface area (Å²) in [6.45, 7) is -2.53. The first-order chi connectivity index (χ1) is 29.3. The maximum absolute atomic E-state index is 16.6. The quantitative estimate of drug-likeness (QED) is 0.122. The van der Waals surface area contributed by atoms with Gasteiger partial charge in [0.15, 0.2) is 52.9 Å². The molecule has 28 heteroatoms. The summed E-state index contributed by atoms with van der Waals surface area (Å²) >= 11 is 5.73. The number of benzene rings is 1. The highest BCUT2D eigenvalue weighted by Gasteiger charge is 2.54. The van der Waals surface area contributed by atoms with Gasteiger partial charge in [0.05, 0.1) is 38.6 Å². The Bertz CT molecular complexity index is 2590. The van der Waals surface area contributed by atoms with Gasteiger partial charge in [-0.2, -0.15) is 14.9 Å². The highest BCUT2D eigenvalue weighted by molar-refractivity contribution is 8.07. The lowest BCUT2D eigenvalue weighted by atomic mass is 10.1. The number of rotatable bonds is 9. The van der Waals surface area contributed by atoms with Crippen LogP contribution in [-0.4, -0.2) is 118 Å². The van der Waals surface area contributed by atoms with Crippen LogP contribution in [0.2, 0.25) is 0 Å². The molecule has 3 aliphatic heterocycles. The zero-order chi connectivity index (χ0) is 43.0. The number of ether oxygens (including phenoxy) is 2. The van der Waals surface area contributed by atoms with Crippen molar-refractivity contribution in [2.45, 2.75) is 69.5 Å². The molecule has 10 atom stereocenters. The molecule has 0 saturated carbocycles. The van der Waals surface area contributed by atoms with Crippen LogP contribution in [-0.2, 0) is 48.7 Å². The van der Waals surface area contributed by atoms with Crippen molar-refractivity contribution in [3.8, 4) is 6.07 Å². The summed E-state index contributed by atoms with van der Waals surface area (Å²) in [4.78, 5) is 68.3. The molecule has 3 saturated heterocycles. The van der Waals surface area contributed by atoms with Gasteiger partial charge in [-0.1, -0.05) is 37.3 Å². The Kier molecular flexibility index (Phi) is 12.5. The molecule has 3 fully saturated rings. The first kappa shape index (κ1) is 42.8. The zero-order valence-electron chi connectivity index (χ0n) is 31.7. The number of carbonyl (C=O) groups is 2. The van der Waals surface area contributed by atoms with E-state index in [0.717, 1.165) is 17.3 Å².